The molecule has 7 heteroatoms. The Morgan fingerprint density at radius 2 is 1.42 bits per heavy atom. The van der Waals surface area contributed by atoms with Crippen LogP contribution in [0.5, 0.6) is 0 Å². The first-order valence-corrected chi connectivity index (χ1v) is 5.09. The number of carboxylic acid groups (broad SMARTS) is 2. The summed E-state index contributed by atoms with van der Waals surface area (Å²) in [4.78, 5) is 19.8. The molecule has 0 saturated carbocycles. The lowest BCUT2D eigenvalue weighted by Gasteiger charge is -2.03. The molecule has 0 spiro atoms. The van der Waals surface area contributed by atoms with E-state index in [1.807, 2.05) is 0 Å². The highest BCUT2D eigenvalue weighted by atomic mass is 32.2. The van der Waals surface area contributed by atoms with Crippen molar-refractivity contribution in [3.05, 3.63) is 0 Å². The summed E-state index contributed by atoms with van der Waals surface area (Å²) in [6.07, 6.45) is 0. The van der Waals surface area contributed by atoms with Gasteiger partial charge in [0.05, 0.1) is 11.9 Å². The van der Waals surface area contributed by atoms with E-state index in [1.54, 1.807) is 0 Å². The third kappa shape index (κ3) is 7.83. The topological polar surface area (TPSA) is 80.3 Å². The van der Waals surface area contributed by atoms with Gasteiger partial charge in [-0.2, -0.15) is 0 Å². The molecule has 0 aromatic heterocycles. The van der Waals surface area contributed by atoms with Crippen LogP contribution < -0.4 is 10.2 Å². The maximum Gasteiger partial charge on any atom is 0.104 e. The third-order valence-corrected chi connectivity index (χ3v) is 3.26. The number of carbonyl (C=O) groups is 2. The van der Waals surface area contributed by atoms with E-state index < -0.39 is 11.9 Å². The van der Waals surface area contributed by atoms with Gasteiger partial charge in [0.2, 0.25) is 0 Å². The van der Waals surface area contributed by atoms with E-state index >= 15 is 0 Å². The Bertz CT molecular complexity index is 183. The fraction of sp³-hybridized carbons (Fsp3) is 0.400. The van der Waals surface area contributed by atoms with Gasteiger partial charge in [0, 0.05) is 11.5 Å². The van der Waals surface area contributed by atoms with E-state index in [1.165, 1.54) is 0 Å². The Morgan fingerprint density at radius 3 is 1.67 bits per heavy atom. The molecule has 0 aromatic carbocycles. The van der Waals surface area contributed by atoms with Crippen molar-refractivity contribution >= 4 is 51.2 Å². The Kier molecular flexibility index (Phi) is 6.13. The molecule has 0 aliphatic rings. The Hall–Kier alpha value is -0.270. The molecule has 0 radical (unpaired) electrons. The normalized spacial score (nSPS) is 9.33. The van der Waals surface area contributed by atoms with Gasteiger partial charge in [0.1, 0.15) is 3.53 Å². The molecule has 0 amide bonds. The molecule has 4 nitrogen and oxygen atoms in total. The van der Waals surface area contributed by atoms with Gasteiger partial charge >= 0.3 is 0 Å². The molecule has 0 fully saturated rings. The zero-order valence-electron chi connectivity index (χ0n) is 5.77. The summed E-state index contributed by atoms with van der Waals surface area (Å²) in [5, 5.41) is 19.8. The van der Waals surface area contributed by atoms with Crippen molar-refractivity contribution in [2.45, 2.75) is 0 Å². The van der Waals surface area contributed by atoms with Gasteiger partial charge < -0.3 is 19.8 Å². The van der Waals surface area contributed by atoms with Crippen LogP contribution in [-0.4, -0.2) is 27.0 Å². The van der Waals surface area contributed by atoms with Crippen molar-refractivity contribution in [2.75, 3.05) is 11.5 Å². The Morgan fingerprint density at radius 1 is 1.08 bits per heavy atom. The van der Waals surface area contributed by atoms with E-state index in [0.717, 1.165) is 23.5 Å². The van der Waals surface area contributed by atoms with Crippen LogP contribution in [0.2, 0.25) is 0 Å². The summed E-state index contributed by atoms with van der Waals surface area (Å²) >= 11 is 6.37. The van der Waals surface area contributed by atoms with Gasteiger partial charge in [0.25, 0.3) is 0 Å². The number of aliphatic carboxylic acids is 2. The SMILES string of the molecule is O=C([O-])CSC(=S)SCC(=O)[O-]. The Labute approximate surface area is 82.7 Å². The molecule has 0 rings (SSSR count). The Balaban J connectivity index is 3.47. The molecule has 0 unspecified atom stereocenters. The maximum atomic E-state index is 9.91. The van der Waals surface area contributed by atoms with Crippen LogP contribution in [0.3, 0.4) is 0 Å². The molecule has 0 heterocycles. The minimum atomic E-state index is -1.23. The summed E-state index contributed by atoms with van der Waals surface area (Å²) in [6, 6.07) is 0. The van der Waals surface area contributed by atoms with Crippen molar-refractivity contribution in [1.82, 2.24) is 0 Å². The zero-order valence-corrected chi connectivity index (χ0v) is 8.22. The van der Waals surface area contributed by atoms with Crippen molar-refractivity contribution in [3.63, 3.8) is 0 Å². The molecule has 0 aliphatic heterocycles. The fourth-order valence-corrected chi connectivity index (χ4v) is 1.79. The number of carboxylic acids is 2. The van der Waals surface area contributed by atoms with Crippen LogP contribution in [0.15, 0.2) is 0 Å². The summed E-state index contributed by atoms with van der Waals surface area (Å²) in [5.74, 6) is -2.95. The van der Waals surface area contributed by atoms with Crippen LogP contribution >= 0.6 is 35.7 Å². The quantitative estimate of drug-likeness (QED) is 0.523. The summed E-state index contributed by atoms with van der Waals surface area (Å²) < 4.78 is 0.267. The zero-order chi connectivity index (χ0) is 9.56. The van der Waals surface area contributed by atoms with Crippen LogP contribution in [0, 0.1) is 0 Å². The average molecular weight is 224 g/mol. The van der Waals surface area contributed by atoms with Crippen molar-refractivity contribution in [1.29, 1.82) is 0 Å². The van der Waals surface area contributed by atoms with Gasteiger partial charge in [-0.05, 0) is 0 Å². The summed E-state index contributed by atoms with van der Waals surface area (Å²) in [5.41, 5.74) is 0. The van der Waals surface area contributed by atoms with Gasteiger partial charge in [-0.25, -0.2) is 0 Å². The molecule has 12 heavy (non-hydrogen) atoms. The standard InChI is InChI=1S/C5H6O4S3/c6-3(7)1-11-5(10)12-2-4(8)9/h1-2H2,(H,6,7)(H,8,9)/p-2. The lowest BCUT2D eigenvalue weighted by Crippen LogP contribution is -2.26. The highest BCUT2D eigenvalue weighted by Crippen LogP contribution is 2.15. The maximum absolute atomic E-state index is 9.91. The minimum Gasteiger partial charge on any atom is -0.549 e. The van der Waals surface area contributed by atoms with E-state index in [2.05, 4.69) is 12.2 Å². The first kappa shape index (κ1) is 11.7. The van der Waals surface area contributed by atoms with E-state index in [-0.39, 0.29) is 15.0 Å². The predicted molar refractivity (Wildman–Crippen MR) is 47.5 cm³/mol. The van der Waals surface area contributed by atoms with Gasteiger partial charge in [-0.1, -0.05) is 12.2 Å². The monoisotopic (exact) mass is 224 g/mol. The lowest BCUT2D eigenvalue weighted by atomic mass is 10.8. The molecular weight excluding hydrogens is 220 g/mol. The van der Waals surface area contributed by atoms with E-state index in [0.29, 0.717) is 0 Å². The van der Waals surface area contributed by atoms with Crippen molar-refractivity contribution < 1.29 is 19.8 Å². The van der Waals surface area contributed by atoms with Crippen molar-refractivity contribution in [2.24, 2.45) is 0 Å². The smallest absolute Gasteiger partial charge is 0.104 e. The highest BCUT2D eigenvalue weighted by molar-refractivity contribution is 8.47. The van der Waals surface area contributed by atoms with Crippen LogP contribution in [0.4, 0.5) is 0 Å². The predicted octanol–water partition coefficient (Wildman–Crippen LogP) is -1.76. The number of carbonyl (C=O) groups excluding carboxylic acids is 2. The fourth-order valence-electron chi connectivity index (χ4n) is 0.277. The van der Waals surface area contributed by atoms with E-state index in [4.69, 9.17) is 0 Å². The first-order chi connectivity index (χ1) is 5.52. The molecular formula is C5H4O4S3-2. The average Bonchev–Trinajstić information content (AvgIpc) is 1.96. The number of hydrogen-bond acceptors (Lipinski definition) is 7. The molecule has 0 bridgehead atoms. The number of thioether (sulfide) groups is 2. The van der Waals surface area contributed by atoms with Gasteiger partial charge in [-0.15, -0.1) is 23.5 Å². The molecule has 68 valence electrons. The van der Waals surface area contributed by atoms with Crippen molar-refractivity contribution in [3.8, 4) is 0 Å². The second kappa shape index (κ2) is 6.27. The molecule has 0 saturated heterocycles. The van der Waals surface area contributed by atoms with Gasteiger partial charge in [0.15, 0.2) is 0 Å². The third-order valence-electron chi connectivity index (χ3n) is 0.616. The largest absolute Gasteiger partial charge is 0.549 e. The van der Waals surface area contributed by atoms with Crippen LogP contribution in [0.1, 0.15) is 0 Å². The molecule has 0 aromatic rings. The summed E-state index contributed by atoms with van der Waals surface area (Å²) in [6.45, 7) is 0. The van der Waals surface area contributed by atoms with E-state index in [9.17, 15) is 19.8 Å². The lowest BCUT2D eigenvalue weighted by molar-refractivity contribution is -0.302. The molecule has 0 aliphatic carbocycles. The molecule has 0 atom stereocenters. The highest BCUT2D eigenvalue weighted by Gasteiger charge is 1.98. The number of hydrogen-bond donors (Lipinski definition) is 0. The van der Waals surface area contributed by atoms with Crippen LogP contribution in [-0.2, 0) is 9.59 Å². The minimum absolute atomic E-state index is 0.251. The summed E-state index contributed by atoms with van der Waals surface area (Å²) in [7, 11) is 0. The number of thiocarbonyl (C=S) groups is 1. The first-order valence-electron chi connectivity index (χ1n) is 2.71. The van der Waals surface area contributed by atoms with Crippen LogP contribution in [0.25, 0.3) is 0 Å². The van der Waals surface area contributed by atoms with Gasteiger partial charge in [-0.3, -0.25) is 0 Å². The second-order valence-corrected chi connectivity index (χ2v) is 4.73. The number of rotatable bonds is 4. The molecule has 0 N–H and O–H groups in total. The second-order valence-electron chi connectivity index (χ2n) is 1.57.